The average Bonchev–Trinajstić information content (AvgIpc) is 3.20. The van der Waals surface area contributed by atoms with Crippen molar-refractivity contribution in [1.82, 2.24) is 14.5 Å². The maximum atomic E-state index is 12.2. The van der Waals surface area contributed by atoms with Gasteiger partial charge in [0.1, 0.15) is 0 Å². The lowest BCUT2D eigenvalue weighted by atomic mass is 9.95. The Hall–Kier alpha value is -2.15. The summed E-state index contributed by atoms with van der Waals surface area (Å²) >= 11 is 1.52. The highest BCUT2D eigenvalue weighted by Gasteiger charge is 2.44. The van der Waals surface area contributed by atoms with Gasteiger partial charge in [-0.3, -0.25) is 9.59 Å². The summed E-state index contributed by atoms with van der Waals surface area (Å²) in [5, 5.41) is 13.3. The van der Waals surface area contributed by atoms with Crippen molar-refractivity contribution < 1.29 is 14.7 Å². The van der Waals surface area contributed by atoms with Crippen LogP contribution in [-0.4, -0.2) is 38.0 Å². The highest BCUT2D eigenvalue weighted by atomic mass is 32.1. The van der Waals surface area contributed by atoms with Crippen molar-refractivity contribution in [2.45, 2.75) is 25.4 Å². The van der Waals surface area contributed by atoms with E-state index in [4.69, 9.17) is 0 Å². The highest BCUT2D eigenvalue weighted by Crippen LogP contribution is 2.39. The lowest BCUT2D eigenvalue weighted by Gasteiger charge is -2.26. The Bertz CT molecular complexity index is 639. The molecule has 0 saturated carbocycles. The van der Waals surface area contributed by atoms with Crippen molar-refractivity contribution in [1.29, 1.82) is 0 Å². The van der Waals surface area contributed by atoms with Crippen LogP contribution in [0.3, 0.4) is 0 Å². The first-order chi connectivity index (χ1) is 10.7. The molecule has 1 fully saturated rings. The molecule has 22 heavy (non-hydrogen) atoms. The van der Waals surface area contributed by atoms with Crippen molar-refractivity contribution in [3.05, 3.63) is 41.1 Å². The van der Waals surface area contributed by atoms with E-state index < -0.39 is 11.9 Å². The summed E-state index contributed by atoms with van der Waals surface area (Å²) in [4.78, 5) is 29.4. The number of carboxylic acids is 1. The molecule has 1 N–H and O–H groups in total. The standard InChI is InChI=1S/C15H17N3O3S/c19-13-8-12(15(20)21)14(11-2-7-22-9-11)18(13)5-1-4-17-6-3-16-10-17/h2-3,6-7,9-10,12,14H,1,4-5,8H2,(H,20,21). The van der Waals surface area contributed by atoms with E-state index in [2.05, 4.69) is 4.98 Å². The minimum absolute atomic E-state index is 0.0748. The second-order valence-corrected chi connectivity index (χ2v) is 6.17. The van der Waals surface area contributed by atoms with Crippen LogP contribution in [0.15, 0.2) is 35.5 Å². The Morgan fingerprint density at radius 2 is 2.32 bits per heavy atom. The van der Waals surface area contributed by atoms with Crippen LogP contribution in [-0.2, 0) is 16.1 Å². The van der Waals surface area contributed by atoms with Gasteiger partial charge in [-0.15, -0.1) is 0 Å². The predicted octanol–water partition coefficient (Wildman–Crippen LogP) is 2.01. The molecule has 7 heteroatoms. The number of thiophene rings is 1. The molecule has 1 aliphatic heterocycles. The molecule has 1 saturated heterocycles. The van der Waals surface area contributed by atoms with Crippen LogP contribution in [0.2, 0.25) is 0 Å². The van der Waals surface area contributed by atoms with Gasteiger partial charge in [0.2, 0.25) is 5.91 Å². The summed E-state index contributed by atoms with van der Waals surface area (Å²) in [6.45, 7) is 1.32. The first kappa shape index (κ1) is 14.8. The first-order valence-corrected chi connectivity index (χ1v) is 8.11. The molecule has 1 aliphatic rings. The highest BCUT2D eigenvalue weighted by molar-refractivity contribution is 7.08. The Morgan fingerprint density at radius 1 is 1.45 bits per heavy atom. The van der Waals surface area contributed by atoms with E-state index in [0.717, 1.165) is 18.5 Å². The van der Waals surface area contributed by atoms with Gasteiger partial charge in [0, 0.05) is 31.9 Å². The molecule has 0 radical (unpaired) electrons. The minimum Gasteiger partial charge on any atom is -0.481 e. The molecule has 0 aromatic carbocycles. The van der Waals surface area contributed by atoms with E-state index in [1.165, 1.54) is 11.3 Å². The number of nitrogens with zero attached hydrogens (tertiary/aromatic N) is 3. The molecule has 0 bridgehead atoms. The first-order valence-electron chi connectivity index (χ1n) is 7.17. The summed E-state index contributed by atoms with van der Waals surface area (Å²) in [7, 11) is 0. The van der Waals surface area contributed by atoms with E-state index in [9.17, 15) is 14.7 Å². The molecular formula is C15H17N3O3S. The van der Waals surface area contributed by atoms with Crippen LogP contribution >= 0.6 is 11.3 Å². The number of aryl methyl sites for hydroxylation is 1. The number of rotatable bonds is 6. The molecule has 2 aromatic rings. The number of carbonyl (C=O) groups is 2. The number of carbonyl (C=O) groups excluding carboxylic acids is 1. The lowest BCUT2D eigenvalue weighted by Crippen LogP contribution is -2.31. The number of imidazole rings is 1. The predicted molar refractivity (Wildman–Crippen MR) is 81.4 cm³/mol. The van der Waals surface area contributed by atoms with Crippen LogP contribution in [0.5, 0.6) is 0 Å². The van der Waals surface area contributed by atoms with Gasteiger partial charge >= 0.3 is 5.97 Å². The third kappa shape index (κ3) is 2.89. The molecule has 1 amide bonds. The normalized spacial score (nSPS) is 21.5. The van der Waals surface area contributed by atoms with E-state index in [0.29, 0.717) is 6.54 Å². The number of likely N-dealkylation sites (tertiary alicyclic amines) is 1. The fraction of sp³-hybridized carbons (Fsp3) is 0.400. The topological polar surface area (TPSA) is 75.4 Å². The SMILES string of the molecule is O=C(O)C1CC(=O)N(CCCn2ccnc2)C1c1ccsc1. The zero-order chi connectivity index (χ0) is 15.5. The third-order valence-electron chi connectivity index (χ3n) is 4.01. The van der Waals surface area contributed by atoms with Crippen LogP contribution in [0, 0.1) is 5.92 Å². The Morgan fingerprint density at radius 3 is 2.95 bits per heavy atom. The molecular weight excluding hydrogens is 302 g/mol. The van der Waals surface area contributed by atoms with Gasteiger partial charge in [0.05, 0.1) is 18.3 Å². The molecule has 2 atom stereocenters. The minimum atomic E-state index is -0.901. The lowest BCUT2D eigenvalue weighted by molar-refractivity contribution is -0.142. The molecule has 0 spiro atoms. The summed E-state index contributed by atoms with van der Waals surface area (Å²) in [6, 6.07) is 1.56. The monoisotopic (exact) mass is 319 g/mol. The van der Waals surface area contributed by atoms with Gasteiger partial charge in [-0.05, 0) is 28.8 Å². The Labute approximate surface area is 132 Å². The number of amides is 1. The van der Waals surface area contributed by atoms with Gasteiger partial charge < -0.3 is 14.6 Å². The van der Waals surface area contributed by atoms with Gasteiger partial charge in [-0.25, -0.2) is 4.98 Å². The summed E-state index contributed by atoms with van der Waals surface area (Å²) < 4.78 is 1.95. The molecule has 2 unspecified atom stereocenters. The van der Waals surface area contributed by atoms with Crippen molar-refractivity contribution in [3.63, 3.8) is 0 Å². The number of aliphatic carboxylic acids is 1. The average molecular weight is 319 g/mol. The van der Waals surface area contributed by atoms with Crippen molar-refractivity contribution >= 4 is 23.2 Å². The van der Waals surface area contributed by atoms with Gasteiger partial charge in [-0.2, -0.15) is 11.3 Å². The fourth-order valence-electron chi connectivity index (χ4n) is 2.97. The van der Waals surface area contributed by atoms with Gasteiger partial charge in [-0.1, -0.05) is 0 Å². The van der Waals surface area contributed by atoms with Crippen molar-refractivity contribution in [2.75, 3.05) is 6.54 Å². The second kappa shape index (κ2) is 6.31. The van der Waals surface area contributed by atoms with E-state index >= 15 is 0 Å². The maximum absolute atomic E-state index is 12.2. The van der Waals surface area contributed by atoms with E-state index in [-0.39, 0.29) is 18.4 Å². The number of aromatic nitrogens is 2. The molecule has 3 rings (SSSR count). The number of hydrogen-bond acceptors (Lipinski definition) is 4. The smallest absolute Gasteiger partial charge is 0.309 e. The van der Waals surface area contributed by atoms with Gasteiger partial charge in [0.25, 0.3) is 0 Å². The van der Waals surface area contributed by atoms with Crippen LogP contribution in [0.25, 0.3) is 0 Å². The van der Waals surface area contributed by atoms with Crippen LogP contribution < -0.4 is 0 Å². The number of hydrogen-bond donors (Lipinski definition) is 1. The Kier molecular flexibility index (Phi) is 4.24. The van der Waals surface area contributed by atoms with Crippen molar-refractivity contribution in [3.8, 4) is 0 Å². The largest absolute Gasteiger partial charge is 0.481 e. The second-order valence-electron chi connectivity index (χ2n) is 5.39. The fourth-order valence-corrected chi connectivity index (χ4v) is 3.66. The van der Waals surface area contributed by atoms with Crippen molar-refractivity contribution in [2.24, 2.45) is 5.92 Å². The summed E-state index contributed by atoms with van der Waals surface area (Å²) in [6.07, 6.45) is 6.19. The molecule has 3 heterocycles. The van der Waals surface area contributed by atoms with E-state index in [1.807, 2.05) is 27.6 Å². The molecule has 2 aromatic heterocycles. The maximum Gasteiger partial charge on any atom is 0.309 e. The van der Waals surface area contributed by atoms with Crippen LogP contribution in [0.4, 0.5) is 0 Å². The quantitative estimate of drug-likeness (QED) is 0.884. The summed E-state index contributed by atoms with van der Waals surface area (Å²) in [5.74, 6) is -1.63. The zero-order valence-electron chi connectivity index (χ0n) is 12.0. The molecule has 0 aliphatic carbocycles. The summed E-state index contributed by atoms with van der Waals surface area (Å²) in [5.41, 5.74) is 0.922. The Balaban J connectivity index is 1.72. The van der Waals surface area contributed by atoms with E-state index in [1.54, 1.807) is 17.4 Å². The third-order valence-corrected chi connectivity index (χ3v) is 4.71. The molecule has 116 valence electrons. The number of carboxylic acid groups (broad SMARTS) is 1. The van der Waals surface area contributed by atoms with Crippen LogP contribution in [0.1, 0.15) is 24.4 Å². The molecule has 6 nitrogen and oxygen atoms in total. The zero-order valence-corrected chi connectivity index (χ0v) is 12.8. The van der Waals surface area contributed by atoms with Gasteiger partial charge in [0.15, 0.2) is 0 Å².